The van der Waals surface area contributed by atoms with E-state index >= 15 is 0 Å². The second-order valence-corrected chi connectivity index (χ2v) is 12.2. The van der Waals surface area contributed by atoms with Crippen LogP contribution in [0.2, 0.25) is 0 Å². The Morgan fingerprint density at radius 3 is 0.840 bits per heavy atom. The molecule has 0 spiro atoms. The minimum atomic E-state index is 0.125. The third-order valence-corrected chi connectivity index (χ3v) is 8.79. The van der Waals surface area contributed by atoms with E-state index < -0.39 is 0 Å². The highest BCUT2D eigenvalue weighted by atomic mass is 16.5. The Balaban J connectivity index is 1.29. The smallest absolute Gasteiger partial charge is 0.0713 e. The first-order chi connectivity index (χ1) is 24.6. The summed E-state index contributed by atoms with van der Waals surface area (Å²) in [6.07, 6.45) is 1.26. The molecule has 6 aromatic carbocycles. The maximum Gasteiger partial charge on any atom is 0.0713 e. The number of hydrogen-bond donors (Lipinski definition) is 2. The highest BCUT2D eigenvalue weighted by Crippen LogP contribution is 2.38. The van der Waals surface area contributed by atoms with Crippen molar-refractivity contribution in [3.8, 4) is 11.1 Å². The summed E-state index contributed by atoms with van der Waals surface area (Å²) in [6.45, 7) is 1.40. The van der Waals surface area contributed by atoms with Gasteiger partial charge in [0, 0.05) is 61.6 Å². The van der Waals surface area contributed by atoms with Crippen LogP contribution in [0.1, 0.15) is 22.3 Å². The van der Waals surface area contributed by atoms with Crippen LogP contribution in [0, 0.1) is 0 Å². The zero-order valence-corrected chi connectivity index (χ0v) is 28.7. The van der Waals surface area contributed by atoms with E-state index in [0.29, 0.717) is 26.1 Å². The number of methoxy groups -OCH3 is 2. The Morgan fingerprint density at radius 2 is 0.600 bits per heavy atom. The summed E-state index contributed by atoms with van der Waals surface area (Å²) < 4.78 is 10.7. The van der Waals surface area contributed by atoms with E-state index in [1.807, 2.05) is 0 Å². The second kappa shape index (κ2) is 16.9. The zero-order valence-electron chi connectivity index (χ0n) is 28.7. The molecule has 0 fully saturated rings. The molecule has 0 aromatic heterocycles. The molecule has 0 radical (unpaired) electrons. The zero-order chi connectivity index (χ0) is 34.7. The molecule has 254 valence electrons. The second-order valence-electron chi connectivity index (χ2n) is 12.2. The lowest BCUT2D eigenvalue weighted by Crippen LogP contribution is -2.10. The number of aliphatic hydroxyl groups excluding tert-OH is 2. The lowest BCUT2D eigenvalue weighted by Gasteiger charge is -2.26. The summed E-state index contributed by atoms with van der Waals surface area (Å²) in [5.41, 5.74) is 13.0. The molecule has 6 rings (SSSR count). The van der Waals surface area contributed by atoms with Crippen molar-refractivity contribution >= 4 is 34.1 Å². The molecular weight excluding hydrogens is 620 g/mol. The van der Waals surface area contributed by atoms with Gasteiger partial charge in [0.2, 0.25) is 0 Å². The minimum absolute atomic E-state index is 0.125. The highest BCUT2D eigenvalue weighted by molar-refractivity contribution is 5.81. The fourth-order valence-electron chi connectivity index (χ4n) is 6.20. The fourth-order valence-corrected chi connectivity index (χ4v) is 6.20. The fraction of sp³-hybridized carbons (Fsp3) is 0.182. The summed E-state index contributed by atoms with van der Waals surface area (Å²) in [4.78, 5) is 4.49. The third kappa shape index (κ3) is 8.30. The molecule has 0 unspecified atom stereocenters. The molecule has 0 amide bonds. The molecule has 0 saturated carbocycles. The van der Waals surface area contributed by atoms with Gasteiger partial charge in [0.1, 0.15) is 0 Å². The molecule has 6 aromatic rings. The topological polar surface area (TPSA) is 65.4 Å². The van der Waals surface area contributed by atoms with Crippen molar-refractivity contribution in [3.63, 3.8) is 0 Å². The normalized spacial score (nSPS) is 11.0. The number of benzene rings is 6. The van der Waals surface area contributed by atoms with Gasteiger partial charge >= 0.3 is 0 Å². The Labute approximate surface area is 295 Å². The van der Waals surface area contributed by atoms with Crippen molar-refractivity contribution in [1.82, 2.24) is 0 Å². The van der Waals surface area contributed by atoms with Crippen molar-refractivity contribution in [3.05, 3.63) is 168 Å². The van der Waals surface area contributed by atoms with Gasteiger partial charge in [0.05, 0.1) is 13.2 Å². The molecule has 0 bridgehead atoms. The van der Waals surface area contributed by atoms with Gasteiger partial charge in [-0.05, 0) is 119 Å². The van der Waals surface area contributed by atoms with E-state index in [0.717, 1.165) is 67.5 Å². The van der Waals surface area contributed by atoms with E-state index in [1.165, 1.54) is 0 Å². The van der Waals surface area contributed by atoms with E-state index in [1.54, 1.807) is 14.2 Å². The number of nitrogens with zero attached hydrogens (tertiary/aromatic N) is 2. The van der Waals surface area contributed by atoms with Gasteiger partial charge in [0.15, 0.2) is 0 Å². The maximum atomic E-state index is 9.40. The van der Waals surface area contributed by atoms with Crippen LogP contribution >= 0.6 is 0 Å². The predicted molar refractivity (Wildman–Crippen MR) is 204 cm³/mol. The van der Waals surface area contributed by atoms with Gasteiger partial charge < -0.3 is 29.5 Å². The number of hydrogen-bond acceptors (Lipinski definition) is 6. The van der Waals surface area contributed by atoms with Crippen LogP contribution in [-0.2, 0) is 35.5 Å². The first-order valence-corrected chi connectivity index (χ1v) is 17.0. The average Bonchev–Trinajstić information content (AvgIpc) is 3.16. The van der Waals surface area contributed by atoms with Crippen LogP contribution in [0.15, 0.2) is 146 Å². The molecule has 0 aliphatic rings. The van der Waals surface area contributed by atoms with E-state index in [-0.39, 0.29) is 13.2 Å². The Bertz CT molecular complexity index is 1660. The Hall–Kier alpha value is -5.24. The van der Waals surface area contributed by atoms with Crippen LogP contribution in [0.5, 0.6) is 0 Å². The first-order valence-electron chi connectivity index (χ1n) is 17.0. The van der Waals surface area contributed by atoms with Crippen molar-refractivity contribution in [2.75, 3.05) is 37.2 Å². The summed E-state index contributed by atoms with van der Waals surface area (Å²) in [5.74, 6) is 0. The van der Waals surface area contributed by atoms with Crippen LogP contribution < -0.4 is 9.80 Å². The molecule has 0 aliphatic heterocycles. The molecule has 0 atom stereocenters. The summed E-state index contributed by atoms with van der Waals surface area (Å²) in [5, 5.41) is 18.8. The van der Waals surface area contributed by atoms with Crippen LogP contribution in [0.3, 0.4) is 0 Å². The molecular formula is C44H44N2O4. The van der Waals surface area contributed by atoms with Crippen LogP contribution in [0.4, 0.5) is 34.1 Å². The van der Waals surface area contributed by atoms with Crippen molar-refractivity contribution in [2.45, 2.75) is 26.1 Å². The van der Waals surface area contributed by atoms with E-state index in [9.17, 15) is 10.2 Å². The molecule has 50 heavy (non-hydrogen) atoms. The number of rotatable bonds is 15. The van der Waals surface area contributed by atoms with Gasteiger partial charge in [-0.15, -0.1) is 0 Å². The molecule has 0 saturated heterocycles. The average molecular weight is 665 g/mol. The summed E-state index contributed by atoms with van der Waals surface area (Å²) in [6, 6.07) is 51.0. The molecule has 2 N–H and O–H groups in total. The first kappa shape index (κ1) is 34.6. The molecule has 6 nitrogen and oxygen atoms in total. The van der Waals surface area contributed by atoms with Gasteiger partial charge in [-0.2, -0.15) is 0 Å². The molecule has 0 aliphatic carbocycles. The molecule has 0 heterocycles. The standard InChI is InChI=1S/C44H44N2O4/c1-49-31-35-7-19-41(20-8-35)46(42-21-9-36(10-22-42)32-50-2)44-25-13-38(14-26-44)37-11-23-43(24-12-37)45(39-15-3-33(4-16-39)27-29-47)40-17-5-34(6-18-40)28-30-48/h3-26,47-48H,27-32H2,1-2H3. The van der Waals surface area contributed by atoms with E-state index in [2.05, 4.69) is 155 Å². The van der Waals surface area contributed by atoms with Crippen molar-refractivity contribution in [2.24, 2.45) is 0 Å². The minimum Gasteiger partial charge on any atom is -0.396 e. The number of anilines is 6. The third-order valence-electron chi connectivity index (χ3n) is 8.79. The van der Waals surface area contributed by atoms with Gasteiger partial charge in [-0.25, -0.2) is 0 Å². The lowest BCUT2D eigenvalue weighted by molar-refractivity contribution is 0.185. The molecule has 6 heteroatoms. The predicted octanol–water partition coefficient (Wildman–Crippen LogP) is 9.66. The number of ether oxygens (including phenoxy) is 2. The number of aliphatic hydroxyl groups is 2. The van der Waals surface area contributed by atoms with Crippen molar-refractivity contribution in [1.29, 1.82) is 0 Å². The largest absolute Gasteiger partial charge is 0.396 e. The van der Waals surface area contributed by atoms with Crippen LogP contribution in [0.25, 0.3) is 11.1 Å². The maximum absolute atomic E-state index is 9.40. The summed E-state index contributed by atoms with van der Waals surface area (Å²) >= 11 is 0. The van der Waals surface area contributed by atoms with Crippen LogP contribution in [-0.4, -0.2) is 37.6 Å². The van der Waals surface area contributed by atoms with Gasteiger partial charge in [-0.3, -0.25) is 0 Å². The quantitative estimate of drug-likeness (QED) is 0.114. The van der Waals surface area contributed by atoms with E-state index in [4.69, 9.17) is 9.47 Å². The SMILES string of the molecule is COCc1ccc(N(c2ccc(COC)cc2)c2ccc(-c3ccc(N(c4ccc(CCO)cc4)c4ccc(CCO)cc4)cc3)cc2)cc1. The van der Waals surface area contributed by atoms with Crippen molar-refractivity contribution < 1.29 is 19.7 Å². The van der Waals surface area contributed by atoms with Gasteiger partial charge in [-0.1, -0.05) is 72.8 Å². The van der Waals surface area contributed by atoms with Gasteiger partial charge in [0.25, 0.3) is 0 Å². The Kier molecular flexibility index (Phi) is 11.7. The Morgan fingerprint density at radius 1 is 0.360 bits per heavy atom. The lowest BCUT2D eigenvalue weighted by atomic mass is 10.0. The summed E-state index contributed by atoms with van der Waals surface area (Å²) in [7, 11) is 3.43. The monoisotopic (exact) mass is 664 g/mol. The highest BCUT2D eigenvalue weighted by Gasteiger charge is 2.15.